The Morgan fingerprint density at radius 1 is 1.00 bits per heavy atom. The number of carbonyl (C=O) groups is 1. The van der Waals surface area contributed by atoms with Gasteiger partial charge in [0, 0.05) is 18.6 Å². The molecule has 1 amide bonds. The zero-order valence-electron chi connectivity index (χ0n) is 17.4. The number of para-hydroxylation sites is 1. The molecule has 2 heterocycles. The summed E-state index contributed by atoms with van der Waals surface area (Å²) in [7, 11) is 0. The highest BCUT2D eigenvalue weighted by Gasteiger charge is 2.15. The van der Waals surface area contributed by atoms with Crippen LogP contribution in [0.2, 0.25) is 0 Å². The minimum atomic E-state index is -0.289. The molecule has 0 saturated carbocycles. The fraction of sp³-hybridized carbons (Fsp3) is 0.208. The van der Waals surface area contributed by atoms with Crippen molar-refractivity contribution in [1.82, 2.24) is 9.97 Å². The van der Waals surface area contributed by atoms with E-state index in [9.17, 15) is 4.79 Å². The maximum Gasteiger partial charge on any atom is 0.257 e. The molecule has 0 radical (unpaired) electrons. The van der Waals surface area contributed by atoms with Gasteiger partial charge in [0.15, 0.2) is 5.13 Å². The summed E-state index contributed by atoms with van der Waals surface area (Å²) in [6, 6.07) is 21.1. The van der Waals surface area contributed by atoms with Gasteiger partial charge in [0.1, 0.15) is 0 Å². The number of pyridine rings is 1. The molecule has 0 aliphatic carbocycles. The summed E-state index contributed by atoms with van der Waals surface area (Å²) in [6.07, 6.45) is 0.664. The molecule has 0 unspecified atom stereocenters. The van der Waals surface area contributed by atoms with Crippen LogP contribution in [0.4, 0.5) is 5.13 Å². The van der Waals surface area contributed by atoms with Gasteiger partial charge in [-0.25, -0.2) is 4.98 Å². The Kier molecular flexibility index (Phi) is 6.43. The van der Waals surface area contributed by atoms with Gasteiger partial charge in [0.25, 0.3) is 5.91 Å². The molecule has 7 heteroatoms. The van der Waals surface area contributed by atoms with Crippen LogP contribution in [0.3, 0.4) is 0 Å². The Morgan fingerprint density at radius 3 is 2.52 bits per heavy atom. The third-order valence-corrected chi connectivity index (χ3v) is 5.35. The third-order valence-electron chi connectivity index (χ3n) is 4.39. The van der Waals surface area contributed by atoms with Crippen molar-refractivity contribution in [2.75, 3.05) is 11.9 Å². The molecule has 0 saturated heterocycles. The lowest BCUT2D eigenvalue weighted by Crippen LogP contribution is -2.14. The number of thiazole rings is 1. The van der Waals surface area contributed by atoms with Crippen molar-refractivity contribution in [3.63, 3.8) is 0 Å². The Hall–Kier alpha value is -3.45. The fourth-order valence-electron chi connectivity index (χ4n) is 3.00. The Morgan fingerprint density at radius 2 is 1.74 bits per heavy atom. The largest absolute Gasteiger partial charge is 0.477 e. The number of aromatic nitrogens is 2. The quantitative estimate of drug-likeness (QED) is 0.405. The van der Waals surface area contributed by atoms with E-state index < -0.39 is 0 Å². The normalized spacial score (nSPS) is 10.9. The lowest BCUT2D eigenvalue weighted by molar-refractivity contribution is 0.102. The van der Waals surface area contributed by atoms with Crippen molar-refractivity contribution in [1.29, 1.82) is 0 Å². The molecule has 0 fully saturated rings. The van der Waals surface area contributed by atoms with E-state index in [1.165, 1.54) is 16.9 Å². The zero-order chi connectivity index (χ0) is 21.6. The molecule has 0 aliphatic rings. The Labute approximate surface area is 184 Å². The SMILES string of the molecule is CC(C)Oc1cc(C(=O)Nc2nc3ccccc3s2)cc(OCCc2ccccc2)n1. The summed E-state index contributed by atoms with van der Waals surface area (Å²) in [6.45, 7) is 4.26. The van der Waals surface area contributed by atoms with E-state index in [1.54, 1.807) is 12.1 Å². The summed E-state index contributed by atoms with van der Waals surface area (Å²) in [5.74, 6) is 0.410. The van der Waals surface area contributed by atoms with Gasteiger partial charge in [-0.2, -0.15) is 4.98 Å². The van der Waals surface area contributed by atoms with Gasteiger partial charge < -0.3 is 9.47 Å². The summed E-state index contributed by atoms with van der Waals surface area (Å²) in [4.78, 5) is 21.7. The fourth-order valence-corrected chi connectivity index (χ4v) is 3.86. The molecule has 0 bridgehead atoms. The average molecular weight is 434 g/mol. The van der Waals surface area contributed by atoms with E-state index in [1.807, 2.05) is 68.4 Å². The molecular weight excluding hydrogens is 410 g/mol. The van der Waals surface area contributed by atoms with E-state index in [0.717, 1.165) is 16.6 Å². The van der Waals surface area contributed by atoms with E-state index in [2.05, 4.69) is 15.3 Å². The van der Waals surface area contributed by atoms with Crippen LogP contribution in [0.5, 0.6) is 11.8 Å². The zero-order valence-corrected chi connectivity index (χ0v) is 18.2. The number of nitrogens with zero attached hydrogens (tertiary/aromatic N) is 2. The second-order valence-corrected chi connectivity index (χ2v) is 8.25. The van der Waals surface area contributed by atoms with Crippen LogP contribution in [0.25, 0.3) is 10.2 Å². The molecule has 2 aromatic heterocycles. The third kappa shape index (κ3) is 5.58. The van der Waals surface area contributed by atoms with Crippen molar-refractivity contribution in [2.45, 2.75) is 26.4 Å². The predicted octanol–water partition coefficient (Wildman–Crippen LogP) is 5.35. The molecular formula is C24H23N3O3S. The van der Waals surface area contributed by atoms with Gasteiger partial charge in [0.2, 0.25) is 11.8 Å². The molecule has 31 heavy (non-hydrogen) atoms. The molecule has 158 valence electrons. The predicted molar refractivity (Wildman–Crippen MR) is 123 cm³/mol. The second kappa shape index (κ2) is 9.57. The standard InChI is InChI=1S/C24H23N3O3S/c1-16(2)30-22-15-18(14-21(26-22)29-13-12-17-8-4-3-5-9-17)23(28)27-24-25-19-10-6-7-11-20(19)31-24/h3-11,14-16H,12-13H2,1-2H3,(H,25,27,28). The minimum absolute atomic E-state index is 0.0766. The summed E-state index contributed by atoms with van der Waals surface area (Å²) < 4.78 is 12.6. The van der Waals surface area contributed by atoms with Crippen molar-refractivity contribution in [3.8, 4) is 11.8 Å². The van der Waals surface area contributed by atoms with Gasteiger partial charge in [-0.1, -0.05) is 53.8 Å². The van der Waals surface area contributed by atoms with Crippen molar-refractivity contribution < 1.29 is 14.3 Å². The topological polar surface area (TPSA) is 73.3 Å². The smallest absolute Gasteiger partial charge is 0.257 e. The summed E-state index contributed by atoms with van der Waals surface area (Å²) in [5.41, 5.74) is 2.43. The molecule has 0 atom stereocenters. The van der Waals surface area contributed by atoms with E-state index in [0.29, 0.717) is 29.1 Å². The van der Waals surface area contributed by atoms with E-state index in [-0.39, 0.29) is 12.0 Å². The monoisotopic (exact) mass is 433 g/mol. The highest BCUT2D eigenvalue weighted by atomic mass is 32.1. The average Bonchev–Trinajstić information content (AvgIpc) is 3.16. The number of carbonyl (C=O) groups excluding carboxylic acids is 1. The molecule has 0 spiro atoms. The molecule has 2 aromatic carbocycles. The first-order valence-electron chi connectivity index (χ1n) is 10.1. The first kappa shape index (κ1) is 20.8. The number of hydrogen-bond acceptors (Lipinski definition) is 6. The molecule has 6 nitrogen and oxygen atoms in total. The number of nitrogens with one attached hydrogen (secondary N) is 1. The number of benzene rings is 2. The first-order chi connectivity index (χ1) is 15.1. The van der Waals surface area contributed by atoms with Crippen LogP contribution in [-0.4, -0.2) is 28.6 Å². The van der Waals surface area contributed by atoms with Crippen LogP contribution < -0.4 is 14.8 Å². The molecule has 4 aromatic rings. The van der Waals surface area contributed by atoms with Gasteiger partial charge >= 0.3 is 0 Å². The molecule has 4 rings (SSSR count). The van der Waals surface area contributed by atoms with Crippen LogP contribution in [-0.2, 0) is 6.42 Å². The van der Waals surface area contributed by atoms with Crippen LogP contribution in [0.15, 0.2) is 66.7 Å². The molecule has 1 N–H and O–H groups in total. The van der Waals surface area contributed by atoms with Crippen LogP contribution in [0, 0.1) is 0 Å². The minimum Gasteiger partial charge on any atom is -0.477 e. The maximum absolute atomic E-state index is 12.9. The summed E-state index contributed by atoms with van der Waals surface area (Å²) >= 11 is 1.43. The van der Waals surface area contributed by atoms with Gasteiger partial charge in [-0.3, -0.25) is 10.1 Å². The number of fused-ring (bicyclic) bond motifs is 1. The van der Waals surface area contributed by atoms with Gasteiger partial charge in [-0.15, -0.1) is 0 Å². The van der Waals surface area contributed by atoms with Crippen molar-refractivity contribution >= 4 is 32.6 Å². The maximum atomic E-state index is 12.9. The number of anilines is 1. The van der Waals surface area contributed by atoms with Gasteiger partial charge in [-0.05, 0) is 31.5 Å². The highest BCUT2D eigenvalue weighted by molar-refractivity contribution is 7.22. The molecule has 0 aliphatic heterocycles. The van der Waals surface area contributed by atoms with Crippen molar-refractivity contribution in [2.24, 2.45) is 0 Å². The van der Waals surface area contributed by atoms with E-state index in [4.69, 9.17) is 9.47 Å². The number of rotatable bonds is 8. The highest BCUT2D eigenvalue weighted by Crippen LogP contribution is 2.26. The summed E-state index contributed by atoms with van der Waals surface area (Å²) in [5, 5.41) is 3.41. The van der Waals surface area contributed by atoms with Crippen molar-refractivity contribution in [3.05, 3.63) is 77.9 Å². The lowest BCUT2D eigenvalue weighted by atomic mass is 10.2. The van der Waals surface area contributed by atoms with Crippen LogP contribution in [0.1, 0.15) is 29.8 Å². The first-order valence-corrected chi connectivity index (χ1v) is 10.9. The number of amides is 1. The Balaban J connectivity index is 1.50. The second-order valence-electron chi connectivity index (χ2n) is 7.22. The Bertz CT molecular complexity index is 1140. The number of ether oxygens (including phenoxy) is 2. The number of hydrogen-bond donors (Lipinski definition) is 1. The lowest BCUT2D eigenvalue weighted by Gasteiger charge is -2.13. The van der Waals surface area contributed by atoms with E-state index >= 15 is 0 Å². The van der Waals surface area contributed by atoms with Crippen LogP contribution >= 0.6 is 11.3 Å². The van der Waals surface area contributed by atoms with Gasteiger partial charge in [0.05, 0.1) is 28.5 Å².